The van der Waals surface area contributed by atoms with Crippen molar-refractivity contribution in [3.63, 3.8) is 0 Å². The molecule has 1 unspecified atom stereocenters. The molecular formula is C28H28N2O6. The molecule has 0 heterocycles. The molecule has 2 amide bonds. The third-order valence-corrected chi connectivity index (χ3v) is 6.19. The van der Waals surface area contributed by atoms with Gasteiger partial charge in [0.25, 0.3) is 5.91 Å². The first-order chi connectivity index (χ1) is 17.4. The molecule has 2 N–H and O–H groups in total. The summed E-state index contributed by atoms with van der Waals surface area (Å²) >= 11 is 0. The molecule has 8 nitrogen and oxygen atoms in total. The van der Waals surface area contributed by atoms with Crippen LogP contribution in [-0.4, -0.2) is 33.1 Å². The van der Waals surface area contributed by atoms with Gasteiger partial charge in [0.15, 0.2) is 16.9 Å². The maximum Gasteiger partial charge on any atom is 0.259 e. The van der Waals surface area contributed by atoms with Crippen molar-refractivity contribution in [1.29, 1.82) is 0 Å². The van der Waals surface area contributed by atoms with Gasteiger partial charge in [-0.15, -0.1) is 0 Å². The third-order valence-electron chi connectivity index (χ3n) is 6.19. The molecule has 3 aromatic carbocycles. The van der Waals surface area contributed by atoms with E-state index < -0.39 is 17.4 Å². The number of para-hydroxylation sites is 1. The number of ether oxygens (including phenoxy) is 3. The van der Waals surface area contributed by atoms with Crippen LogP contribution in [-0.2, 0) is 11.2 Å². The fraction of sp³-hybridized carbons (Fsp3) is 0.250. The average molecular weight is 489 g/mol. The molecular weight excluding hydrogens is 460 g/mol. The van der Waals surface area contributed by atoms with Crippen LogP contribution in [0, 0.1) is 0 Å². The van der Waals surface area contributed by atoms with Gasteiger partial charge >= 0.3 is 0 Å². The van der Waals surface area contributed by atoms with E-state index in [4.69, 9.17) is 14.2 Å². The van der Waals surface area contributed by atoms with Crippen molar-refractivity contribution in [1.82, 2.24) is 5.32 Å². The molecule has 186 valence electrons. The molecule has 3 aromatic rings. The Labute approximate surface area is 209 Å². The molecule has 0 spiro atoms. The number of carbonyl (C=O) groups excluding carboxylic acids is 2. The number of nitrogens with one attached hydrogen (secondary N) is 2. The van der Waals surface area contributed by atoms with Crippen molar-refractivity contribution in [2.75, 3.05) is 26.6 Å². The van der Waals surface area contributed by atoms with Crippen LogP contribution in [0.2, 0.25) is 0 Å². The van der Waals surface area contributed by atoms with Gasteiger partial charge in [-0.1, -0.05) is 24.3 Å². The van der Waals surface area contributed by atoms with Crippen LogP contribution in [0.15, 0.2) is 59.4 Å². The summed E-state index contributed by atoms with van der Waals surface area (Å²) in [6.07, 6.45) is 1.12. The molecule has 0 saturated carbocycles. The van der Waals surface area contributed by atoms with Crippen LogP contribution in [0.5, 0.6) is 17.2 Å². The van der Waals surface area contributed by atoms with Crippen LogP contribution in [0.1, 0.15) is 40.9 Å². The van der Waals surface area contributed by atoms with E-state index in [0.717, 1.165) is 11.1 Å². The van der Waals surface area contributed by atoms with Gasteiger partial charge < -0.3 is 24.8 Å². The molecule has 1 atom stereocenters. The highest BCUT2D eigenvalue weighted by atomic mass is 16.5. The van der Waals surface area contributed by atoms with Crippen LogP contribution in [0.3, 0.4) is 0 Å². The van der Waals surface area contributed by atoms with Gasteiger partial charge in [-0.05, 0) is 59.9 Å². The molecule has 0 bridgehead atoms. The van der Waals surface area contributed by atoms with E-state index in [1.165, 1.54) is 33.3 Å². The number of anilines is 1. The predicted molar refractivity (Wildman–Crippen MR) is 137 cm³/mol. The van der Waals surface area contributed by atoms with Gasteiger partial charge in [-0.25, -0.2) is 0 Å². The Morgan fingerprint density at radius 1 is 0.917 bits per heavy atom. The van der Waals surface area contributed by atoms with Gasteiger partial charge in [0, 0.05) is 18.2 Å². The van der Waals surface area contributed by atoms with Crippen molar-refractivity contribution in [3.05, 3.63) is 81.5 Å². The molecule has 1 aliphatic carbocycles. The number of methoxy groups -OCH3 is 3. The van der Waals surface area contributed by atoms with Crippen molar-refractivity contribution < 1.29 is 23.8 Å². The minimum absolute atomic E-state index is 0.0190. The summed E-state index contributed by atoms with van der Waals surface area (Å²) < 4.78 is 16.9. The summed E-state index contributed by atoms with van der Waals surface area (Å²) in [6, 6.07) is 15.0. The normalized spacial score (nSPS) is 13.9. The molecule has 0 aliphatic heterocycles. The molecule has 8 heteroatoms. The highest BCUT2D eigenvalue weighted by molar-refractivity contribution is 6.04. The van der Waals surface area contributed by atoms with Crippen molar-refractivity contribution >= 4 is 17.5 Å². The summed E-state index contributed by atoms with van der Waals surface area (Å²) in [5.74, 6) is 0.636. The van der Waals surface area contributed by atoms with Crippen LogP contribution in [0.25, 0.3) is 11.1 Å². The first-order valence-corrected chi connectivity index (χ1v) is 11.5. The standard InChI is InChI=1S/C28H28N2O6/c1-16(31)29-22-13-10-17-14-24(34-2)26(35-3)27(36-4)25(17)19-11-12-20(23(32)15-21(19)22)28(33)30-18-8-6-5-7-9-18/h5-9,11-12,14-15,22H,10,13H2,1-4H3,(H,29,31)(H,30,33). The number of hydrogen-bond acceptors (Lipinski definition) is 6. The molecule has 0 fully saturated rings. The first kappa shape index (κ1) is 24.8. The zero-order valence-electron chi connectivity index (χ0n) is 20.6. The lowest BCUT2D eigenvalue weighted by atomic mass is 9.95. The monoisotopic (exact) mass is 488 g/mol. The Morgan fingerprint density at radius 2 is 1.64 bits per heavy atom. The second-order valence-electron chi connectivity index (χ2n) is 8.42. The molecule has 4 rings (SSSR count). The van der Waals surface area contributed by atoms with E-state index in [1.807, 2.05) is 12.1 Å². The quantitative estimate of drug-likeness (QED) is 0.541. The summed E-state index contributed by atoms with van der Waals surface area (Å²) in [4.78, 5) is 38.4. The van der Waals surface area contributed by atoms with E-state index in [2.05, 4.69) is 10.6 Å². The highest BCUT2D eigenvalue weighted by Gasteiger charge is 2.29. The predicted octanol–water partition coefficient (Wildman–Crippen LogP) is 4.12. The lowest BCUT2D eigenvalue weighted by Crippen LogP contribution is -2.27. The Kier molecular flexibility index (Phi) is 7.24. The van der Waals surface area contributed by atoms with Gasteiger partial charge in [0.2, 0.25) is 11.7 Å². The fourth-order valence-electron chi connectivity index (χ4n) is 4.62. The van der Waals surface area contributed by atoms with E-state index >= 15 is 0 Å². The fourth-order valence-corrected chi connectivity index (χ4v) is 4.62. The summed E-state index contributed by atoms with van der Waals surface area (Å²) in [6.45, 7) is 1.43. The van der Waals surface area contributed by atoms with Crippen molar-refractivity contribution in [2.45, 2.75) is 25.8 Å². The van der Waals surface area contributed by atoms with Crippen LogP contribution >= 0.6 is 0 Å². The summed E-state index contributed by atoms with van der Waals surface area (Å²) in [5.41, 5.74) is 3.00. The minimum Gasteiger partial charge on any atom is -0.493 e. The second kappa shape index (κ2) is 10.5. The topological polar surface area (TPSA) is 103 Å². The number of benzene rings is 2. The number of aryl methyl sites for hydroxylation is 1. The number of carbonyl (C=O) groups is 2. The van der Waals surface area contributed by atoms with E-state index in [9.17, 15) is 14.4 Å². The van der Waals surface area contributed by atoms with Gasteiger partial charge in [0.05, 0.1) is 32.9 Å². The zero-order valence-corrected chi connectivity index (χ0v) is 20.6. The number of amides is 2. The second-order valence-corrected chi connectivity index (χ2v) is 8.42. The average Bonchev–Trinajstić information content (AvgIpc) is 3.12. The van der Waals surface area contributed by atoms with Gasteiger partial charge in [-0.2, -0.15) is 0 Å². The lowest BCUT2D eigenvalue weighted by Gasteiger charge is -2.19. The Bertz CT molecular complexity index is 1370. The maximum atomic E-state index is 13.3. The van der Waals surface area contributed by atoms with E-state index in [-0.39, 0.29) is 11.5 Å². The maximum absolute atomic E-state index is 13.3. The largest absolute Gasteiger partial charge is 0.493 e. The number of fused-ring (bicyclic) bond motifs is 3. The zero-order chi connectivity index (χ0) is 25.8. The highest BCUT2D eigenvalue weighted by Crippen LogP contribution is 2.50. The van der Waals surface area contributed by atoms with Crippen LogP contribution < -0.4 is 30.3 Å². The Balaban J connectivity index is 1.96. The van der Waals surface area contributed by atoms with Crippen molar-refractivity contribution in [3.8, 4) is 28.4 Å². The van der Waals surface area contributed by atoms with E-state index in [1.54, 1.807) is 37.4 Å². The van der Waals surface area contributed by atoms with E-state index in [0.29, 0.717) is 46.9 Å². The van der Waals surface area contributed by atoms with Gasteiger partial charge in [0.1, 0.15) is 0 Å². The molecule has 0 radical (unpaired) electrons. The van der Waals surface area contributed by atoms with Crippen molar-refractivity contribution in [2.24, 2.45) is 0 Å². The minimum atomic E-state index is -0.521. The smallest absolute Gasteiger partial charge is 0.259 e. The Hall–Kier alpha value is -4.33. The lowest BCUT2D eigenvalue weighted by molar-refractivity contribution is -0.119. The first-order valence-electron chi connectivity index (χ1n) is 11.5. The molecule has 36 heavy (non-hydrogen) atoms. The SMILES string of the molecule is COc1cc2c(c(OC)c1OC)-c1ccc(C(=O)Nc3ccccc3)c(=O)cc1C(NC(C)=O)CC2. The number of rotatable bonds is 6. The summed E-state index contributed by atoms with van der Waals surface area (Å²) in [5, 5.41) is 5.72. The third kappa shape index (κ3) is 4.75. The molecule has 0 saturated heterocycles. The summed E-state index contributed by atoms with van der Waals surface area (Å²) in [7, 11) is 4.61. The number of hydrogen-bond donors (Lipinski definition) is 2. The Morgan fingerprint density at radius 3 is 2.28 bits per heavy atom. The van der Waals surface area contributed by atoms with Gasteiger partial charge in [-0.3, -0.25) is 14.4 Å². The van der Waals surface area contributed by atoms with Crippen LogP contribution in [0.4, 0.5) is 5.69 Å². The molecule has 0 aromatic heterocycles. The molecule has 1 aliphatic rings.